The average molecular weight is 227 g/mol. The van der Waals surface area contributed by atoms with Crippen molar-refractivity contribution in [2.45, 2.75) is 0 Å². The molecule has 0 aliphatic heterocycles. The van der Waals surface area contributed by atoms with Crippen molar-refractivity contribution >= 4 is 18.4 Å². The molecule has 0 saturated heterocycles. The average Bonchev–Trinajstić information content (AvgIpc) is 2.82. The molecule has 0 atom stereocenters. The first kappa shape index (κ1) is 11.0. The summed E-state index contributed by atoms with van der Waals surface area (Å²) in [7, 11) is 0. The van der Waals surface area contributed by atoms with Crippen molar-refractivity contribution < 1.29 is 14.4 Å². The number of hydrogen-bond donors (Lipinski definition) is 1. The van der Waals surface area contributed by atoms with Crippen LogP contribution in [-0.2, 0) is 0 Å². The number of H-pyrrole nitrogens is 1. The first-order valence-electron chi connectivity index (χ1n) is 4.99. The fourth-order valence-electron chi connectivity index (χ4n) is 1.58. The van der Waals surface area contributed by atoms with Gasteiger partial charge >= 0.3 is 0 Å². The van der Waals surface area contributed by atoms with Crippen LogP contribution in [0.2, 0.25) is 0 Å². The van der Waals surface area contributed by atoms with Crippen molar-refractivity contribution in [3.05, 3.63) is 58.9 Å². The van der Waals surface area contributed by atoms with Crippen molar-refractivity contribution in [2.75, 3.05) is 0 Å². The van der Waals surface area contributed by atoms with E-state index in [1.54, 1.807) is 30.3 Å². The molecule has 0 radical (unpaired) electrons. The van der Waals surface area contributed by atoms with Gasteiger partial charge in [-0.25, -0.2) is 0 Å². The van der Waals surface area contributed by atoms with E-state index in [2.05, 4.69) is 4.98 Å². The predicted octanol–water partition coefficient (Wildman–Crippen LogP) is 1.87. The zero-order valence-corrected chi connectivity index (χ0v) is 8.84. The van der Waals surface area contributed by atoms with E-state index in [9.17, 15) is 14.4 Å². The molecular weight excluding hydrogens is 218 g/mol. The molecule has 0 bridgehead atoms. The van der Waals surface area contributed by atoms with Gasteiger partial charge in [-0.1, -0.05) is 30.3 Å². The highest BCUT2D eigenvalue weighted by atomic mass is 16.1. The molecular formula is C13H9NO3. The summed E-state index contributed by atoms with van der Waals surface area (Å²) in [6.45, 7) is 0. The van der Waals surface area contributed by atoms with E-state index in [0.717, 1.165) is 0 Å². The number of aromatic amines is 1. The van der Waals surface area contributed by atoms with E-state index in [1.807, 2.05) is 0 Å². The Labute approximate surface area is 97.3 Å². The Morgan fingerprint density at radius 1 is 1.06 bits per heavy atom. The van der Waals surface area contributed by atoms with Crippen molar-refractivity contribution in [3.63, 3.8) is 0 Å². The number of nitrogens with one attached hydrogen (secondary N) is 1. The summed E-state index contributed by atoms with van der Waals surface area (Å²) >= 11 is 0. The highest BCUT2D eigenvalue weighted by molar-refractivity contribution is 6.13. The smallest absolute Gasteiger partial charge is 0.195 e. The molecule has 0 aliphatic rings. The van der Waals surface area contributed by atoms with E-state index >= 15 is 0 Å². The second-order valence-electron chi connectivity index (χ2n) is 3.48. The maximum atomic E-state index is 12.1. The molecule has 0 aliphatic carbocycles. The van der Waals surface area contributed by atoms with E-state index in [0.29, 0.717) is 18.1 Å². The summed E-state index contributed by atoms with van der Waals surface area (Å²) < 4.78 is 0. The molecule has 1 aromatic heterocycles. The molecule has 1 N–H and O–H groups in total. The Hall–Kier alpha value is -2.49. The summed E-state index contributed by atoms with van der Waals surface area (Å²) in [5.74, 6) is -0.281. The second-order valence-corrected chi connectivity index (χ2v) is 3.48. The summed E-state index contributed by atoms with van der Waals surface area (Å²) in [5.41, 5.74) is 1.03. The number of ketones is 1. The Balaban J connectivity index is 2.47. The Bertz CT molecular complexity index is 570. The van der Waals surface area contributed by atoms with Crippen molar-refractivity contribution in [1.29, 1.82) is 0 Å². The summed E-state index contributed by atoms with van der Waals surface area (Å²) in [6, 6.07) is 9.97. The van der Waals surface area contributed by atoms with Crippen LogP contribution in [0.1, 0.15) is 36.9 Å². The fraction of sp³-hybridized carbons (Fsp3) is 0. The van der Waals surface area contributed by atoms with Crippen LogP contribution in [0.25, 0.3) is 0 Å². The molecule has 1 aromatic carbocycles. The Kier molecular flexibility index (Phi) is 2.96. The predicted molar refractivity (Wildman–Crippen MR) is 61.4 cm³/mol. The van der Waals surface area contributed by atoms with Gasteiger partial charge in [-0.05, 0) is 6.07 Å². The van der Waals surface area contributed by atoms with Gasteiger partial charge in [-0.15, -0.1) is 0 Å². The fourth-order valence-corrected chi connectivity index (χ4v) is 1.58. The van der Waals surface area contributed by atoms with Crippen LogP contribution in [0.3, 0.4) is 0 Å². The molecule has 2 aromatic rings. The molecule has 0 unspecified atom stereocenters. The van der Waals surface area contributed by atoms with Crippen molar-refractivity contribution in [3.8, 4) is 0 Å². The van der Waals surface area contributed by atoms with Crippen LogP contribution in [0.5, 0.6) is 0 Å². The monoisotopic (exact) mass is 227 g/mol. The van der Waals surface area contributed by atoms with E-state index < -0.39 is 0 Å². The zero-order valence-electron chi connectivity index (χ0n) is 8.84. The van der Waals surface area contributed by atoms with Crippen LogP contribution >= 0.6 is 0 Å². The molecule has 4 heteroatoms. The Morgan fingerprint density at radius 3 is 2.35 bits per heavy atom. The van der Waals surface area contributed by atoms with Gasteiger partial charge in [-0.3, -0.25) is 14.4 Å². The van der Waals surface area contributed by atoms with Crippen LogP contribution in [0, 0.1) is 0 Å². The second kappa shape index (κ2) is 4.57. The molecule has 4 nitrogen and oxygen atoms in total. The quantitative estimate of drug-likeness (QED) is 0.640. The normalized spacial score (nSPS) is 9.88. The van der Waals surface area contributed by atoms with Crippen molar-refractivity contribution in [2.24, 2.45) is 0 Å². The lowest BCUT2D eigenvalue weighted by atomic mass is 10.0. The number of carbonyl (C=O) groups excluding carboxylic acids is 3. The summed E-state index contributed by atoms with van der Waals surface area (Å²) in [4.78, 5) is 36.0. The SMILES string of the molecule is O=Cc1cc(C(=O)c2ccccc2)c(C=O)[nH]1. The van der Waals surface area contributed by atoms with Crippen molar-refractivity contribution in [1.82, 2.24) is 4.98 Å². The number of aldehydes is 2. The van der Waals surface area contributed by atoms with Gasteiger partial charge in [0, 0.05) is 5.56 Å². The largest absolute Gasteiger partial charge is 0.350 e. The van der Waals surface area contributed by atoms with E-state index in [-0.39, 0.29) is 22.7 Å². The third-order valence-electron chi connectivity index (χ3n) is 2.39. The lowest BCUT2D eigenvalue weighted by molar-refractivity contribution is 0.102. The maximum absolute atomic E-state index is 12.1. The minimum Gasteiger partial charge on any atom is -0.350 e. The van der Waals surface area contributed by atoms with Crippen LogP contribution in [-0.4, -0.2) is 23.3 Å². The molecule has 0 fully saturated rings. The van der Waals surface area contributed by atoms with Gasteiger partial charge in [0.05, 0.1) is 17.0 Å². The minimum atomic E-state index is -0.281. The van der Waals surface area contributed by atoms with Gasteiger partial charge in [0.2, 0.25) is 0 Å². The van der Waals surface area contributed by atoms with Crippen LogP contribution in [0.4, 0.5) is 0 Å². The lowest BCUT2D eigenvalue weighted by Crippen LogP contribution is -2.02. The van der Waals surface area contributed by atoms with Gasteiger partial charge in [0.15, 0.2) is 18.4 Å². The molecule has 2 rings (SSSR count). The maximum Gasteiger partial charge on any atom is 0.195 e. The number of aromatic nitrogens is 1. The number of benzene rings is 1. The third kappa shape index (κ3) is 2.06. The number of rotatable bonds is 4. The van der Waals surface area contributed by atoms with Gasteiger partial charge in [0.1, 0.15) is 0 Å². The summed E-state index contributed by atoms with van der Waals surface area (Å²) in [6.07, 6.45) is 1.10. The van der Waals surface area contributed by atoms with E-state index in [4.69, 9.17) is 0 Å². The number of carbonyl (C=O) groups is 3. The van der Waals surface area contributed by atoms with Gasteiger partial charge in [0.25, 0.3) is 0 Å². The topological polar surface area (TPSA) is 67.0 Å². The standard InChI is InChI=1S/C13H9NO3/c15-7-10-6-11(12(8-16)14-10)13(17)9-4-2-1-3-5-9/h1-8,14H. The van der Waals surface area contributed by atoms with E-state index in [1.165, 1.54) is 6.07 Å². The first-order chi connectivity index (χ1) is 8.26. The highest BCUT2D eigenvalue weighted by Gasteiger charge is 2.16. The molecule has 17 heavy (non-hydrogen) atoms. The Morgan fingerprint density at radius 2 is 1.76 bits per heavy atom. The van der Waals surface area contributed by atoms with Gasteiger partial charge < -0.3 is 4.98 Å². The molecule has 1 heterocycles. The summed E-state index contributed by atoms with van der Waals surface area (Å²) in [5, 5.41) is 0. The highest BCUT2D eigenvalue weighted by Crippen LogP contribution is 2.14. The minimum absolute atomic E-state index is 0.126. The number of hydrogen-bond acceptors (Lipinski definition) is 3. The molecule has 0 saturated carbocycles. The van der Waals surface area contributed by atoms with Crippen LogP contribution in [0.15, 0.2) is 36.4 Å². The third-order valence-corrected chi connectivity index (χ3v) is 2.39. The molecule has 84 valence electrons. The van der Waals surface area contributed by atoms with Crippen LogP contribution < -0.4 is 0 Å². The van der Waals surface area contributed by atoms with Gasteiger partial charge in [-0.2, -0.15) is 0 Å². The first-order valence-corrected chi connectivity index (χ1v) is 4.99. The zero-order chi connectivity index (χ0) is 12.3. The molecule has 0 spiro atoms. The molecule has 0 amide bonds. The lowest BCUT2D eigenvalue weighted by Gasteiger charge is -1.98.